The van der Waals surface area contributed by atoms with Gasteiger partial charge in [-0.05, 0) is 73.2 Å². The molecule has 3 aromatic carbocycles. The summed E-state index contributed by atoms with van der Waals surface area (Å²) in [7, 11) is 1.49. The highest BCUT2D eigenvalue weighted by Crippen LogP contribution is 2.41. The first-order valence-electron chi connectivity index (χ1n) is 21.3. The highest BCUT2D eigenvalue weighted by Gasteiger charge is 2.36. The molecule has 5 rings (SSSR count). The Labute approximate surface area is 369 Å². The number of likely N-dealkylation sites (N-methyl/N-ethyl adjacent to an activating group) is 1. The summed E-state index contributed by atoms with van der Waals surface area (Å²) in [6.45, 7) is 12.2. The highest BCUT2D eigenvalue weighted by molar-refractivity contribution is 6.01. The second-order valence-corrected chi connectivity index (χ2v) is 17.2. The van der Waals surface area contributed by atoms with Crippen LogP contribution in [0.5, 0.6) is 11.5 Å². The standard InChI is InChI=1S/C48H61N7O8/c1-27-22-39(57)43(32-11-15-41(63-21-19-51)36(25-32)35-23-30(8-14-40(35)62-20-18-50)24-37(47(60)61)54-45(27)58)55(7)46(59)33(16-17-49)26-38(56)42-28(2)52-44(53-29(42)3)31-9-12-34(13-10-31)48(4,5)6/h8-15,23,25,27,33,37,43H,16-22,24,26,49-51H2,1-7H3,(H,54,58)(H,60,61)/t27-,33-,37+,43+/m1/s1. The van der Waals surface area contributed by atoms with Crippen LogP contribution in [-0.4, -0.2) is 95.3 Å². The zero-order chi connectivity index (χ0) is 46.2. The van der Waals surface area contributed by atoms with E-state index in [0.29, 0.717) is 56.5 Å². The van der Waals surface area contributed by atoms with Crippen LogP contribution in [-0.2, 0) is 31.0 Å². The van der Waals surface area contributed by atoms with Gasteiger partial charge < -0.3 is 42.0 Å². The van der Waals surface area contributed by atoms with Crippen molar-refractivity contribution in [2.45, 2.75) is 84.7 Å². The second-order valence-electron chi connectivity index (χ2n) is 17.2. The van der Waals surface area contributed by atoms with Crippen LogP contribution in [0, 0.1) is 25.7 Å². The fourth-order valence-electron chi connectivity index (χ4n) is 7.94. The van der Waals surface area contributed by atoms with Gasteiger partial charge in [0.05, 0.1) is 17.0 Å². The Bertz CT molecular complexity index is 2300. The SMILES string of the molecule is Cc1nc(-c2ccc(C(C)(C)C)cc2)nc(C)c1C(=O)C[C@@H](CCN)C(=O)N(C)[C@@H]1C(=O)C[C@@H](C)C(=O)N[C@H](C(=O)O)Cc2ccc(OCCN)c(c2)-c2cc1ccc2OCCN. The molecule has 0 saturated heterocycles. The van der Waals surface area contributed by atoms with Gasteiger partial charge in [-0.1, -0.05) is 64.1 Å². The summed E-state index contributed by atoms with van der Waals surface area (Å²) >= 11 is 0. The predicted octanol–water partition coefficient (Wildman–Crippen LogP) is 4.86. The number of hydrogen-bond acceptors (Lipinski definition) is 12. The van der Waals surface area contributed by atoms with E-state index in [1.54, 1.807) is 50.2 Å². The van der Waals surface area contributed by atoms with E-state index in [9.17, 15) is 29.1 Å². The summed E-state index contributed by atoms with van der Waals surface area (Å²) in [5, 5.41) is 12.7. The van der Waals surface area contributed by atoms with Crippen LogP contribution >= 0.6 is 0 Å². The number of amides is 2. The van der Waals surface area contributed by atoms with Crippen LogP contribution in [0.4, 0.5) is 0 Å². The number of carboxylic acid groups (broad SMARTS) is 1. The molecule has 8 N–H and O–H groups in total. The Morgan fingerprint density at radius 1 is 0.857 bits per heavy atom. The highest BCUT2D eigenvalue weighted by atomic mass is 16.5. The zero-order valence-corrected chi connectivity index (χ0v) is 37.3. The molecule has 0 radical (unpaired) electrons. The van der Waals surface area contributed by atoms with Crippen molar-refractivity contribution in [3.63, 3.8) is 0 Å². The van der Waals surface area contributed by atoms with E-state index < -0.39 is 47.5 Å². The summed E-state index contributed by atoms with van der Waals surface area (Å²) in [6.07, 6.45) is -0.494. The third-order valence-corrected chi connectivity index (χ3v) is 11.3. The van der Waals surface area contributed by atoms with E-state index in [0.717, 1.165) is 11.1 Å². The molecule has 0 saturated carbocycles. The van der Waals surface area contributed by atoms with Gasteiger partial charge in [-0.3, -0.25) is 19.2 Å². The first-order valence-corrected chi connectivity index (χ1v) is 21.3. The first kappa shape index (κ1) is 48.0. The molecule has 1 aliphatic heterocycles. The number of aryl methyl sites for hydroxylation is 2. The molecule has 2 heterocycles. The smallest absolute Gasteiger partial charge is 0.326 e. The molecule has 4 bridgehead atoms. The lowest BCUT2D eigenvalue weighted by atomic mass is 9.86. The van der Waals surface area contributed by atoms with E-state index >= 15 is 0 Å². The maximum absolute atomic E-state index is 14.7. The normalized spacial score (nSPS) is 17.3. The third-order valence-electron chi connectivity index (χ3n) is 11.3. The number of ether oxygens (including phenoxy) is 2. The Balaban J connectivity index is 1.56. The van der Waals surface area contributed by atoms with Gasteiger partial charge in [-0.15, -0.1) is 0 Å². The van der Waals surface area contributed by atoms with Gasteiger partial charge in [-0.25, -0.2) is 14.8 Å². The number of nitrogens with zero attached hydrogens (tertiary/aromatic N) is 3. The molecule has 0 aliphatic carbocycles. The number of nitrogens with two attached hydrogens (primary N) is 3. The summed E-state index contributed by atoms with van der Waals surface area (Å²) < 4.78 is 12.1. The number of rotatable bonds is 15. The molecule has 4 atom stereocenters. The Hall–Kier alpha value is -6.03. The van der Waals surface area contributed by atoms with Gasteiger partial charge in [0.2, 0.25) is 11.8 Å². The lowest BCUT2D eigenvalue weighted by Gasteiger charge is -2.32. The number of ketones is 2. The van der Waals surface area contributed by atoms with E-state index in [4.69, 9.17) is 36.6 Å². The van der Waals surface area contributed by atoms with Crippen LogP contribution in [0.15, 0.2) is 60.7 Å². The number of Topliss-reactive ketones (excluding diaryl/α,β-unsaturated/α-hetero) is 2. The Kier molecular flexibility index (Phi) is 15.9. The van der Waals surface area contributed by atoms with Gasteiger partial charge in [0.1, 0.15) is 36.8 Å². The fraction of sp³-hybridized carbons (Fsp3) is 0.438. The summed E-state index contributed by atoms with van der Waals surface area (Å²) in [6, 6.07) is 15.7. The van der Waals surface area contributed by atoms with Crippen LogP contribution in [0.2, 0.25) is 0 Å². The maximum atomic E-state index is 14.7. The molecule has 15 nitrogen and oxygen atoms in total. The van der Waals surface area contributed by atoms with E-state index in [-0.39, 0.29) is 69.7 Å². The lowest BCUT2D eigenvalue weighted by Crippen LogP contribution is -2.45. The average molecular weight is 864 g/mol. The number of aromatic nitrogens is 2. The van der Waals surface area contributed by atoms with Crippen molar-refractivity contribution in [3.05, 3.63) is 94.3 Å². The molecule has 0 unspecified atom stereocenters. The summed E-state index contributed by atoms with van der Waals surface area (Å²) in [4.78, 5) is 80.2. The van der Waals surface area contributed by atoms with Gasteiger partial charge in [0.15, 0.2) is 17.4 Å². The third kappa shape index (κ3) is 11.5. The van der Waals surface area contributed by atoms with Gasteiger partial charge >= 0.3 is 5.97 Å². The Morgan fingerprint density at radius 2 is 1.44 bits per heavy atom. The van der Waals surface area contributed by atoms with Crippen LogP contribution in [0.1, 0.15) is 91.4 Å². The zero-order valence-electron chi connectivity index (χ0n) is 37.3. The lowest BCUT2D eigenvalue weighted by molar-refractivity contribution is -0.144. The fourth-order valence-corrected chi connectivity index (χ4v) is 7.94. The predicted molar refractivity (Wildman–Crippen MR) is 240 cm³/mol. The number of nitrogens with one attached hydrogen (secondary N) is 1. The molecule has 0 fully saturated rings. The van der Waals surface area contributed by atoms with Crippen molar-refractivity contribution in [1.29, 1.82) is 0 Å². The second kappa shape index (κ2) is 20.9. The largest absolute Gasteiger partial charge is 0.492 e. The van der Waals surface area contributed by atoms with Crippen molar-refractivity contribution < 1.29 is 38.6 Å². The number of carboxylic acids is 1. The number of carbonyl (C=O) groups excluding carboxylic acids is 4. The number of hydrogen-bond donors (Lipinski definition) is 5. The molecule has 336 valence electrons. The van der Waals surface area contributed by atoms with Crippen molar-refractivity contribution in [3.8, 4) is 34.0 Å². The average Bonchev–Trinajstić information content (AvgIpc) is 3.23. The minimum atomic E-state index is -1.32. The minimum absolute atomic E-state index is 0.0295. The van der Waals surface area contributed by atoms with Crippen molar-refractivity contribution in [2.24, 2.45) is 29.0 Å². The van der Waals surface area contributed by atoms with Crippen molar-refractivity contribution in [1.82, 2.24) is 20.2 Å². The summed E-state index contributed by atoms with van der Waals surface area (Å²) in [5.41, 5.74) is 22.8. The monoisotopic (exact) mass is 863 g/mol. The number of benzene rings is 3. The maximum Gasteiger partial charge on any atom is 0.326 e. The molecular formula is C48H61N7O8. The Morgan fingerprint density at radius 3 is 2.00 bits per heavy atom. The molecule has 63 heavy (non-hydrogen) atoms. The first-order chi connectivity index (χ1) is 29.9. The topological polar surface area (TPSA) is 243 Å². The van der Waals surface area contributed by atoms with Crippen LogP contribution < -0.4 is 32.0 Å². The molecule has 1 aromatic heterocycles. The quantitative estimate of drug-likeness (QED) is 0.100. The number of carbonyl (C=O) groups is 5. The van der Waals surface area contributed by atoms with E-state index in [1.807, 2.05) is 24.3 Å². The van der Waals surface area contributed by atoms with Gasteiger partial charge in [0.25, 0.3) is 0 Å². The van der Waals surface area contributed by atoms with Crippen LogP contribution in [0.3, 0.4) is 0 Å². The molecular weight excluding hydrogens is 803 g/mol. The van der Waals surface area contributed by atoms with E-state index in [2.05, 4.69) is 26.1 Å². The minimum Gasteiger partial charge on any atom is -0.492 e. The molecule has 0 spiro atoms. The van der Waals surface area contributed by atoms with Gasteiger partial charge in [0, 0.05) is 67.9 Å². The van der Waals surface area contributed by atoms with Gasteiger partial charge in [-0.2, -0.15) is 0 Å². The van der Waals surface area contributed by atoms with Crippen molar-refractivity contribution in [2.75, 3.05) is 39.9 Å². The van der Waals surface area contributed by atoms with Crippen molar-refractivity contribution >= 4 is 29.4 Å². The molecule has 4 aromatic rings. The molecule has 2 amide bonds. The van der Waals surface area contributed by atoms with Crippen LogP contribution in [0.25, 0.3) is 22.5 Å². The molecule has 15 heteroatoms. The van der Waals surface area contributed by atoms with E-state index in [1.165, 1.54) is 18.9 Å². The number of aliphatic carboxylic acids is 1. The number of fused-ring (bicyclic) bond motifs is 5. The summed E-state index contributed by atoms with van der Waals surface area (Å²) in [5.74, 6) is -3.85. The molecule has 1 aliphatic rings.